The predicted molar refractivity (Wildman–Crippen MR) is 86.4 cm³/mol. The number of nitrogens with one attached hydrogen (secondary N) is 1. The van der Waals surface area contributed by atoms with Crippen molar-refractivity contribution < 1.29 is 13.3 Å². The van der Waals surface area contributed by atoms with Gasteiger partial charge in [-0.1, -0.05) is 0 Å². The summed E-state index contributed by atoms with van der Waals surface area (Å²) in [6, 6.07) is 1.92. The van der Waals surface area contributed by atoms with E-state index in [0.717, 1.165) is 30.9 Å². The van der Waals surface area contributed by atoms with Crippen LogP contribution in [0.25, 0.3) is 0 Å². The molecule has 1 aromatic rings. The first kappa shape index (κ1) is 15.7. The molecular weight excluding hydrogens is 326 g/mol. The molecule has 0 aliphatic carbocycles. The summed E-state index contributed by atoms with van der Waals surface area (Å²) in [5, 5.41) is 16.9. The predicted octanol–water partition coefficient (Wildman–Crippen LogP) is 1.40. The zero-order chi connectivity index (χ0) is 15.7. The average Bonchev–Trinajstić information content (AvgIpc) is 3.06. The normalized spacial score (nSPS) is 25.5. The van der Waals surface area contributed by atoms with Crippen molar-refractivity contribution >= 4 is 31.9 Å². The first-order chi connectivity index (χ1) is 10.4. The minimum Gasteiger partial charge on any atom is -0.358 e. The molecule has 0 amide bonds. The molecule has 1 aromatic heterocycles. The quantitative estimate of drug-likeness (QED) is 0.655. The number of thiophene rings is 1. The third kappa shape index (κ3) is 3.41. The van der Waals surface area contributed by atoms with Gasteiger partial charge in [-0.15, -0.1) is 11.3 Å². The van der Waals surface area contributed by atoms with Crippen molar-refractivity contribution in [1.82, 2.24) is 5.32 Å². The van der Waals surface area contributed by atoms with Crippen LogP contribution < -0.4 is 10.2 Å². The first-order valence-electron chi connectivity index (χ1n) is 7.38. The van der Waals surface area contributed by atoms with E-state index in [2.05, 4.69) is 10.2 Å². The fourth-order valence-electron chi connectivity index (χ4n) is 3.18. The van der Waals surface area contributed by atoms with Gasteiger partial charge in [0.2, 0.25) is 0 Å². The van der Waals surface area contributed by atoms with E-state index in [1.807, 2.05) is 0 Å². The molecule has 0 aromatic carbocycles. The minimum atomic E-state index is -2.85. The van der Waals surface area contributed by atoms with Crippen LogP contribution in [0.4, 0.5) is 10.7 Å². The van der Waals surface area contributed by atoms with E-state index in [-0.39, 0.29) is 28.2 Å². The molecule has 2 saturated heterocycles. The van der Waals surface area contributed by atoms with Crippen LogP contribution in [0.15, 0.2) is 11.4 Å². The summed E-state index contributed by atoms with van der Waals surface area (Å²) >= 11 is 1.40. The van der Waals surface area contributed by atoms with Gasteiger partial charge in [-0.05, 0) is 24.6 Å². The van der Waals surface area contributed by atoms with Crippen molar-refractivity contribution in [3.8, 4) is 0 Å². The topological polar surface area (TPSA) is 92.6 Å². The second-order valence-corrected chi connectivity index (χ2v) is 9.02. The van der Waals surface area contributed by atoms with E-state index >= 15 is 0 Å². The molecule has 1 N–H and O–H groups in total. The van der Waals surface area contributed by atoms with Crippen LogP contribution in [-0.4, -0.2) is 50.0 Å². The zero-order valence-electron chi connectivity index (χ0n) is 12.1. The number of hydrogen-bond acceptors (Lipinski definition) is 7. The smallest absolute Gasteiger partial charge is 0.303 e. The largest absolute Gasteiger partial charge is 0.358 e. The Morgan fingerprint density at radius 1 is 1.27 bits per heavy atom. The standard InChI is InChI=1S/C13H19N3O4S2/c17-16(18)12-3-7-21-13(12)15-5-1-10(2-6-15)14-11-4-8-22(19,20)9-11/h3,7,10-11,14H,1-2,4-6,8-9H2/t11-/m0/s1. The van der Waals surface area contributed by atoms with Crippen molar-refractivity contribution in [2.24, 2.45) is 0 Å². The highest BCUT2D eigenvalue weighted by Crippen LogP contribution is 2.35. The molecular formula is C13H19N3O4S2. The summed E-state index contributed by atoms with van der Waals surface area (Å²) in [4.78, 5) is 12.7. The fraction of sp³-hybridized carbons (Fsp3) is 0.692. The van der Waals surface area contributed by atoms with Crippen LogP contribution in [0.3, 0.4) is 0 Å². The van der Waals surface area contributed by atoms with Crippen LogP contribution in [0, 0.1) is 10.1 Å². The maximum atomic E-state index is 11.5. The summed E-state index contributed by atoms with van der Waals surface area (Å²) in [6.45, 7) is 1.52. The first-order valence-corrected chi connectivity index (χ1v) is 10.1. The number of hydrogen-bond donors (Lipinski definition) is 1. The Balaban J connectivity index is 1.54. The molecule has 1 atom stereocenters. The van der Waals surface area contributed by atoms with Gasteiger partial charge in [-0.3, -0.25) is 10.1 Å². The Morgan fingerprint density at radius 3 is 2.59 bits per heavy atom. The lowest BCUT2D eigenvalue weighted by Gasteiger charge is -2.33. The van der Waals surface area contributed by atoms with E-state index in [4.69, 9.17) is 0 Å². The summed E-state index contributed by atoms with van der Waals surface area (Å²) in [5.41, 5.74) is 0.179. The van der Waals surface area contributed by atoms with Gasteiger partial charge in [-0.25, -0.2) is 8.42 Å². The van der Waals surface area contributed by atoms with E-state index < -0.39 is 9.84 Å². The molecule has 2 aliphatic heterocycles. The van der Waals surface area contributed by atoms with Crippen molar-refractivity contribution in [3.05, 3.63) is 21.6 Å². The highest BCUT2D eigenvalue weighted by molar-refractivity contribution is 7.91. The highest BCUT2D eigenvalue weighted by atomic mass is 32.2. The second kappa shape index (κ2) is 6.13. The lowest BCUT2D eigenvalue weighted by atomic mass is 10.0. The highest BCUT2D eigenvalue weighted by Gasteiger charge is 2.31. The van der Waals surface area contributed by atoms with Gasteiger partial charge in [0, 0.05) is 31.2 Å². The van der Waals surface area contributed by atoms with Gasteiger partial charge in [-0.2, -0.15) is 0 Å². The van der Waals surface area contributed by atoms with Crippen molar-refractivity contribution in [3.63, 3.8) is 0 Å². The van der Waals surface area contributed by atoms with Crippen LogP contribution >= 0.6 is 11.3 Å². The monoisotopic (exact) mass is 345 g/mol. The Hall–Kier alpha value is -1.19. The molecule has 3 rings (SSSR count). The summed E-state index contributed by atoms with van der Waals surface area (Å²) in [6.07, 6.45) is 2.45. The number of anilines is 1. The molecule has 2 aliphatic rings. The van der Waals surface area contributed by atoms with E-state index in [1.54, 1.807) is 11.4 Å². The van der Waals surface area contributed by atoms with Crippen LogP contribution in [0.2, 0.25) is 0 Å². The summed E-state index contributed by atoms with van der Waals surface area (Å²) < 4.78 is 23.0. The van der Waals surface area contributed by atoms with E-state index in [1.165, 1.54) is 11.3 Å². The summed E-state index contributed by atoms with van der Waals surface area (Å²) in [5.74, 6) is 0.522. The third-order valence-corrected chi connectivity index (χ3v) is 7.04. The van der Waals surface area contributed by atoms with Gasteiger partial charge in [0.1, 0.15) is 0 Å². The molecule has 9 heteroatoms. The van der Waals surface area contributed by atoms with E-state index in [9.17, 15) is 18.5 Å². The van der Waals surface area contributed by atoms with Crippen LogP contribution in [0.1, 0.15) is 19.3 Å². The molecule has 0 saturated carbocycles. The lowest BCUT2D eigenvalue weighted by molar-refractivity contribution is -0.383. The molecule has 22 heavy (non-hydrogen) atoms. The fourth-order valence-corrected chi connectivity index (χ4v) is 5.79. The third-order valence-electron chi connectivity index (χ3n) is 4.31. The maximum absolute atomic E-state index is 11.5. The second-order valence-electron chi connectivity index (χ2n) is 5.90. The molecule has 0 radical (unpaired) electrons. The van der Waals surface area contributed by atoms with E-state index in [0.29, 0.717) is 12.5 Å². The molecule has 0 spiro atoms. The average molecular weight is 345 g/mol. The Labute approximate surface area is 133 Å². The van der Waals surface area contributed by atoms with Crippen molar-refractivity contribution in [2.75, 3.05) is 29.5 Å². The van der Waals surface area contributed by atoms with Gasteiger partial charge in [0.05, 0.1) is 16.4 Å². The SMILES string of the molecule is O=[N+]([O-])c1ccsc1N1CCC(N[C@H]2CCS(=O)(=O)C2)CC1. The number of rotatable bonds is 4. The van der Waals surface area contributed by atoms with Crippen molar-refractivity contribution in [2.45, 2.75) is 31.3 Å². The van der Waals surface area contributed by atoms with Crippen molar-refractivity contribution in [1.29, 1.82) is 0 Å². The van der Waals surface area contributed by atoms with Gasteiger partial charge >= 0.3 is 5.69 Å². The molecule has 2 fully saturated rings. The molecule has 3 heterocycles. The number of nitrogens with zero attached hydrogens (tertiary/aromatic N) is 2. The number of piperidine rings is 1. The van der Waals surface area contributed by atoms with Crippen LogP contribution in [0.5, 0.6) is 0 Å². The number of nitro groups is 1. The zero-order valence-corrected chi connectivity index (χ0v) is 13.7. The maximum Gasteiger partial charge on any atom is 0.303 e. The summed E-state index contributed by atoms with van der Waals surface area (Å²) in [7, 11) is -2.85. The Morgan fingerprint density at radius 2 is 2.00 bits per heavy atom. The van der Waals surface area contributed by atoms with Gasteiger partial charge in [0.15, 0.2) is 14.8 Å². The Kier molecular flexibility index (Phi) is 4.37. The van der Waals surface area contributed by atoms with Crippen LogP contribution in [-0.2, 0) is 9.84 Å². The molecule has 122 valence electrons. The van der Waals surface area contributed by atoms with Gasteiger partial charge < -0.3 is 10.2 Å². The Bertz CT molecular complexity index is 650. The molecule has 7 nitrogen and oxygen atoms in total. The lowest BCUT2D eigenvalue weighted by Crippen LogP contribution is -2.46. The minimum absolute atomic E-state index is 0.0672. The molecule has 0 unspecified atom stereocenters. The number of sulfone groups is 1. The molecule has 0 bridgehead atoms. The van der Waals surface area contributed by atoms with Gasteiger partial charge in [0.25, 0.3) is 0 Å².